The Kier molecular flexibility index (Phi) is 4.16. The van der Waals surface area contributed by atoms with Crippen molar-refractivity contribution in [1.29, 1.82) is 0 Å². The number of pyridine rings is 1. The maximum Gasteiger partial charge on any atom is 0.0594 e. The minimum atomic E-state index is 0.661. The number of likely N-dealkylation sites (tertiary alicyclic amines) is 1. The normalized spacial score (nSPS) is 26.9. The van der Waals surface area contributed by atoms with Gasteiger partial charge < -0.3 is 4.74 Å². The van der Waals surface area contributed by atoms with Gasteiger partial charge in [0.1, 0.15) is 0 Å². The van der Waals surface area contributed by atoms with Gasteiger partial charge in [-0.1, -0.05) is 6.07 Å². The predicted molar refractivity (Wildman–Crippen MR) is 86.6 cm³/mol. The second kappa shape index (κ2) is 6.26. The first-order chi connectivity index (χ1) is 10.8. The van der Waals surface area contributed by atoms with Crippen molar-refractivity contribution in [2.75, 3.05) is 39.4 Å². The summed E-state index contributed by atoms with van der Waals surface area (Å²) in [6.07, 6.45) is 9.47. The Morgan fingerprint density at radius 2 is 1.91 bits per heavy atom. The van der Waals surface area contributed by atoms with Crippen LogP contribution in [0.4, 0.5) is 0 Å². The SMILES string of the molecule is c1cncc(CN2CCC3(CC2)CC(N2CCOCC2)C3)c1. The molecule has 2 saturated heterocycles. The van der Waals surface area contributed by atoms with Crippen molar-refractivity contribution < 1.29 is 4.74 Å². The molecule has 2 aliphatic heterocycles. The first-order valence-corrected chi connectivity index (χ1v) is 8.76. The number of ether oxygens (including phenoxy) is 1. The summed E-state index contributed by atoms with van der Waals surface area (Å²) in [5.74, 6) is 0. The Balaban J connectivity index is 1.25. The lowest BCUT2D eigenvalue weighted by molar-refractivity contribution is -0.0740. The van der Waals surface area contributed by atoms with Crippen LogP contribution in [0.2, 0.25) is 0 Å². The molecule has 3 aliphatic rings. The van der Waals surface area contributed by atoms with Crippen molar-refractivity contribution >= 4 is 0 Å². The Morgan fingerprint density at radius 1 is 1.14 bits per heavy atom. The highest BCUT2D eigenvalue weighted by Crippen LogP contribution is 2.51. The van der Waals surface area contributed by atoms with Gasteiger partial charge in [-0.3, -0.25) is 14.8 Å². The van der Waals surface area contributed by atoms with E-state index < -0.39 is 0 Å². The van der Waals surface area contributed by atoms with Crippen LogP contribution in [0.1, 0.15) is 31.2 Å². The summed E-state index contributed by atoms with van der Waals surface area (Å²) in [6.45, 7) is 7.73. The molecular formula is C18H27N3O. The van der Waals surface area contributed by atoms with E-state index in [1.165, 1.54) is 44.3 Å². The molecule has 0 N–H and O–H groups in total. The summed E-state index contributed by atoms with van der Waals surface area (Å²) >= 11 is 0. The Morgan fingerprint density at radius 3 is 2.59 bits per heavy atom. The van der Waals surface area contributed by atoms with E-state index in [4.69, 9.17) is 4.74 Å². The highest BCUT2D eigenvalue weighted by molar-refractivity contribution is 5.09. The van der Waals surface area contributed by atoms with E-state index >= 15 is 0 Å². The molecule has 0 radical (unpaired) electrons. The van der Waals surface area contributed by atoms with Gasteiger partial charge in [-0.05, 0) is 55.8 Å². The monoisotopic (exact) mass is 301 g/mol. The van der Waals surface area contributed by atoms with E-state index in [0.717, 1.165) is 38.9 Å². The van der Waals surface area contributed by atoms with Crippen LogP contribution in [0.25, 0.3) is 0 Å². The molecule has 0 bridgehead atoms. The molecule has 4 nitrogen and oxygen atoms in total. The zero-order valence-electron chi connectivity index (χ0n) is 13.4. The quantitative estimate of drug-likeness (QED) is 0.855. The van der Waals surface area contributed by atoms with E-state index in [9.17, 15) is 0 Å². The van der Waals surface area contributed by atoms with Gasteiger partial charge in [-0.25, -0.2) is 0 Å². The average Bonchev–Trinajstić information content (AvgIpc) is 2.55. The van der Waals surface area contributed by atoms with Gasteiger partial charge in [0.15, 0.2) is 0 Å². The van der Waals surface area contributed by atoms with Gasteiger partial charge in [-0.2, -0.15) is 0 Å². The van der Waals surface area contributed by atoms with Crippen LogP contribution in [0.3, 0.4) is 0 Å². The second-order valence-corrected chi connectivity index (χ2v) is 7.35. The van der Waals surface area contributed by atoms with E-state index in [0.29, 0.717) is 5.41 Å². The molecule has 0 amide bonds. The smallest absolute Gasteiger partial charge is 0.0594 e. The van der Waals surface area contributed by atoms with Gasteiger partial charge in [0.05, 0.1) is 13.2 Å². The molecule has 1 aromatic rings. The maximum atomic E-state index is 5.47. The van der Waals surface area contributed by atoms with Crippen LogP contribution < -0.4 is 0 Å². The fraction of sp³-hybridized carbons (Fsp3) is 0.722. The average molecular weight is 301 g/mol. The molecule has 0 atom stereocenters. The number of morpholine rings is 1. The summed E-state index contributed by atoms with van der Waals surface area (Å²) in [7, 11) is 0. The zero-order valence-corrected chi connectivity index (χ0v) is 13.4. The fourth-order valence-electron chi connectivity index (χ4n) is 4.48. The number of nitrogens with zero attached hydrogens (tertiary/aromatic N) is 3. The van der Waals surface area contributed by atoms with E-state index in [1.807, 2.05) is 18.5 Å². The van der Waals surface area contributed by atoms with Crippen molar-refractivity contribution in [3.05, 3.63) is 30.1 Å². The lowest BCUT2D eigenvalue weighted by Gasteiger charge is -2.55. The highest BCUT2D eigenvalue weighted by Gasteiger charge is 2.47. The first-order valence-electron chi connectivity index (χ1n) is 8.76. The molecule has 1 spiro atoms. The minimum Gasteiger partial charge on any atom is -0.379 e. The van der Waals surface area contributed by atoms with Crippen LogP contribution in [0, 0.1) is 5.41 Å². The third kappa shape index (κ3) is 3.05. The molecule has 3 heterocycles. The first kappa shape index (κ1) is 14.6. The van der Waals surface area contributed by atoms with E-state index in [2.05, 4.69) is 20.9 Å². The third-order valence-corrected chi connectivity index (χ3v) is 5.95. The predicted octanol–water partition coefficient (Wildman–Crippen LogP) is 2.16. The number of piperidine rings is 1. The molecule has 120 valence electrons. The molecule has 4 rings (SSSR count). The van der Waals surface area contributed by atoms with Gasteiger partial charge in [0.2, 0.25) is 0 Å². The van der Waals surface area contributed by atoms with Crippen molar-refractivity contribution in [2.24, 2.45) is 5.41 Å². The van der Waals surface area contributed by atoms with Crippen molar-refractivity contribution in [1.82, 2.24) is 14.8 Å². The number of aromatic nitrogens is 1. The number of hydrogen-bond acceptors (Lipinski definition) is 4. The lowest BCUT2D eigenvalue weighted by atomic mass is 9.60. The number of rotatable bonds is 3. The van der Waals surface area contributed by atoms with Crippen LogP contribution in [-0.4, -0.2) is 60.2 Å². The Bertz CT molecular complexity index is 470. The molecule has 1 saturated carbocycles. The van der Waals surface area contributed by atoms with Crippen LogP contribution >= 0.6 is 0 Å². The van der Waals surface area contributed by atoms with Crippen molar-refractivity contribution in [3.63, 3.8) is 0 Å². The zero-order chi connectivity index (χ0) is 14.8. The Labute approximate surface area is 133 Å². The second-order valence-electron chi connectivity index (χ2n) is 7.35. The molecule has 1 aromatic heterocycles. The summed E-state index contributed by atoms with van der Waals surface area (Å²) in [5.41, 5.74) is 2.01. The van der Waals surface area contributed by atoms with E-state index in [-0.39, 0.29) is 0 Å². The summed E-state index contributed by atoms with van der Waals surface area (Å²) in [6, 6.07) is 5.07. The molecule has 4 heteroatoms. The van der Waals surface area contributed by atoms with Gasteiger partial charge in [0, 0.05) is 38.1 Å². The largest absolute Gasteiger partial charge is 0.379 e. The van der Waals surface area contributed by atoms with Crippen LogP contribution in [0.15, 0.2) is 24.5 Å². The lowest BCUT2D eigenvalue weighted by Crippen LogP contribution is -2.57. The van der Waals surface area contributed by atoms with E-state index in [1.54, 1.807) is 0 Å². The van der Waals surface area contributed by atoms with Crippen LogP contribution in [0.5, 0.6) is 0 Å². The summed E-state index contributed by atoms with van der Waals surface area (Å²) < 4.78 is 5.47. The van der Waals surface area contributed by atoms with Gasteiger partial charge in [0.25, 0.3) is 0 Å². The summed E-state index contributed by atoms with van der Waals surface area (Å²) in [5, 5.41) is 0. The maximum absolute atomic E-state index is 5.47. The highest BCUT2D eigenvalue weighted by atomic mass is 16.5. The van der Waals surface area contributed by atoms with Gasteiger partial charge in [-0.15, -0.1) is 0 Å². The molecule has 3 fully saturated rings. The standard InChI is InChI=1S/C18H27N3O/c1-2-16(14-19-5-1)15-20-6-3-18(4-7-20)12-17(13-18)21-8-10-22-11-9-21/h1-2,5,14,17H,3-4,6-13,15H2. The molecule has 0 aromatic carbocycles. The van der Waals surface area contributed by atoms with Crippen molar-refractivity contribution in [3.8, 4) is 0 Å². The molecule has 22 heavy (non-hydrogen) atoms. The third-order valence-electron chi connectivity index (χ3n) is 5.95. The minimum absolute atomic E-state index is 0.661. The molecule has 1 aliphatic carbocycles. The fourth-order valence-corrected chi connectivity index (χ4v) is 4.48. The molecular weight excluding hydrogens is 274 g/mol. The topological polar surface area (TPSA) is 28.6 Å². The summed E-state index contributed by atoms with van der Waals surface area (Å²) in [4.78, 5) is 9.49. The van der Waals surface area contributed by atoms with Crippen LogP contribution in [-0.2, 0) is 11.3 Å². The van der Waals surface area contributed by atoms with Gasteiger partial charge >= 0.3 is 0 Å². The number of hydrogen-bond donors (Lipinski definition) is 0. The molecule has 0 unspecified atom stereocenters. The Hall–Kier alpha value is -0.970. The van der Waals surface area contributed by atoms with Crippen molar-refractivity contribution in [2.45, 2.75) is 38.3 Å².